The predicted molar refractivity (Wildman–Crippen MR) is 101 cm³/mol. The third-order valence-corrected chi connectivity index (χ3v) is 5.86. The molecule has 1 unspecified atom stereocenters. The molecule has 25 heavy (non-hydrogen) atoms. The molecule has 2 atom stereocenters. The van der Waals surface area contributed by atoms with Gasteiger partial charge in [0.1, 0.15) is 6.04 Å². The van der Waals surface area contributed by atoms with Crippen LogP contribution in [-0.2, 0) is 18.7 Å². The number of nitrogens with one attached hydrogen (secondary N) is 1. The molecular weight excluding hydrogens is 361 g/mol. The van der Waals surface area contributed by atoms with Crippen LogP contribution in [0.5, 0.6) is 0 Å². The minimum atomic E-state index is -3.82. The van der Waals surface area contributed by atoms with Gasteiger partial charge >= 0.3 is 12.7 Å². The molecule has 136 valence electrons. The van der Waals surface area contributed by atoms with Gasteiger partial charge < -0.3 is 9.36 Å². The molecule has 2 rings (SSSR count). The van der Waals surface area contributed by atoms with E-state index in [2.05, 4.69) is 12.4 Å². The van der Waals surface area contributed by atoms with Crippen molar-refractivity contribution in [2.75, 3.05) is 6.61 Å². The zero-order valence-corrected chi connectivity index (χ0v) is 16.1. The molecule has 0 radical (unpaired) electrons. The van der Waals surface area contributed by atoms with Gasteiger partial charge in [-0.3, -0.25) is 4.57 Å². The molecule has 0 fully saturated rings. The van der Waals surface area contributed by atoms with Crippen LogP contribution in [0.15, 0.2) is 42.5 Å². The highest BCUT2D eigenvalue weighted by Gasteiger charge is 2.31. The summed E-state index contributed by atoms with van der Waals surface area (Å²) in [7, 11) is 0. The smallest absolute Gasteiger partial charge is 0.369 e. The van der Waals surface area contributed by atoms with E-state index in [-0.39, 0.29) is 0 Å². The van der Waals surface area contributed by atoms with E-state index in [1.54, 1.807) is 25.1 Å². The monoisotopic (exact) mass is 383 g/mol. The van der Waals surface area contributed by atoms with E-state index in [1.165, 1.54) is 0 Å². The normalized spacial score (nSPS) is 14.8. The number of carbonyl (C=O) groups is 1. The molecule has 0 bridgehead atoms. The third-order valence-electron chi connectivity index (χ3n) is 3.73. The second-order valence-corrected chi connectivity index (χ2v) is 8.74. The average Bonchev–Trinajstić information content (AvgIpc) is 2.60. The summed E-state index contributed by atoms with van der Waals surface area (Å²) < 4.78 is 17.9. The highest BCUT2D eigenvalue weighted by molar-refractivity contribution is 7.92. The van der Waals surface area contributed by atoms with E-state index in [1.807, 2.05) is 24.3 Å². The molecule has 1 N–H and O–H groups in total. The Morgan fingerprint density at radius 3 is 2.68 bits per heavy atom. The van der Waals surface area contributed by atoms with E-state index in [4.69, 9.17) is 20.6 Å². The molecule has 0 aliphatic heterocycles. The third kappa shape index (κ3) is 5.55. The Morgan fingerprint density at radius 1 is 1.20 bits per heavy atom. The Morgan fingerprint density at radius 2 is 1.92 bits per heavy atom. The van der Waals surface area contributed by atoms with Gasteiger partial charge in [0.25, 0.3) is 0 Å². The zero-order valence-electron chi connectivity index (χ0n) is 14.4. The Hall–Kier alpha value is -1.39. The molecule has 0 heterocycles. The number of halogens is 1. The molecule has 7 heteroatoms. The molecule has 0 aromatic heterocycles. The summed E-state index contributed by atoms with van der Waals surface area (Å²) in [4.78, 5) is 17.4. The number of hydroxylamine groups is 1. The van der Waals surface area contributed by atoms with Crippen molar-refractivity contribution in [2.24, 2.45) is 0 Å². The molecular formula is C18H23ClNO4P. The van der Waals surface area contributed by atoms with Gasteiger partial charge in [-0.1, -0.05) is 56.2 Å². The van der Waals surface area contributed by atoms with Crippen LogP contribution in [0.3, 0.4) is 0 Å². The lowest BCUT2D eigenvalue weighted by molar-refractivity contribution is -0.140. The number of hydrogen-bond acceptors (Lipinski definition) is 5. The average molecular weight is 384 g/mol. The molecule has 0 spiro atoms. The van der Waals surface area contributed by atoms with Crippen LogP contribution in [0, 0.1) is 0 Å². The molecule has 0 amide bonds. The second-order valence-electron chi connectivity index (χ2n) is 5.78. The van der Waals surface area contributed by atoms with Crippen molar-refractivity contribution in [1.82, 2.24) is 5.48 Å². The van der Waals surface area contributed by atoms with Crippen molar-refractivity contribution in [3.8, 4) is 0 Å². The quantitative estimate of drug-likeness (QED) is 0.391. The van der Waals surface area contributed by atoms with Gasteiger partial charge in [-0.25, -0.2) is 4.79 Å². The summed E-state index contributed by atoms with van der Waals surface area (Å²) in [5.41, 5.74) is 2.60. The Bertz CT molecular complexity index is 762. The first-order valence-corrected chi connectivity index (χ1v) is 10.9. The number of rotatable bonds is 9. The molecule has 2 aromatic carbocycles. The number of carbonyl (C=O) groups excluding carboxylic acids is 1. The van der Waals surface area contributed by atoms with Crippen LogP contribution >= 0.6 is 18.0 Å². The summed E-state index contributed by atoms with van der Waals surface area (Å²) in [5.74, 6) is -0.721. The highest BCUT2D eigenvalue weighted by atomic mass is 35.7. The van der Waals surface area contributed by atoms with Crippen LogP contribution < -0.4 is 10.8 Å². The maximum atomic E-state index is 12.8. The second kappa shape index (κ2) is 9.35. The van der Waals surface area contributed by atoms with E-state index < -0.39 is 18.7 Å². The van der Waals surface area contributed by atoms with Crippen LogP contribution in [0.1, 0.15) is 33.1 Å². The Kier molecular flexibility index (Phi) is 7.45. The molecule has 2 aromatic rings. The van der Waals surface area contributed by atoms with E-state index in [9.17, 15) is 9.36 Å². The van der Waals surface area contributed by atoms with Gasteiger partial charge in [0.15, 0.2) is 0 Å². The van der Waals surface area contributed by atoms with E-state index >= 15 is 0 Å². The number of benzene rings is 2. The van der Waals surface area contributed by atoms with Gasteiger partial charge in [0, 0.05) is 0 Å². The first kappa shape index (κ1) is 19.9. The number of unbranched alkanes of at least 4 members (excludes halogenated alkanes) is 2. The van der Waals surface area contributed by atoms with Crippen molar-refractivity contribution < 1.29 is 18.7 Å². The van der Waals surface area contributed by atoms with Crippen molar-refractivity contribution in [3.05, 3.63) is 42.5 Å². The van der Waals surface area contributed by atoms with Gasteiger partial charge in [0.05, 0.1) is 11.9 Å². The fraction of sp³-hybridized carbons (Fsp3) is 0.389. The molecule has 0 aliphatic carbocycles. The predicted octanol–water partition coefficient (Wildman–Crippen LogP) is 4.54. The lowest BCUT2D eigenvalue weighted by atomic mass is 10.1. The van der Waals surface area contributed by atoms with Crippen LogP contribution in [-0.4, -0.2) is 18.6 Å². The summed E-state index contributed by atoms with van der Waals surface area (Å²) in [6, 6.07) is 11.8. The van der Waals surface area contributed by atoms with Crippen LogP contribution in [0.4, 0.5) is 0 Å². The van der Waals surface area contributed by atoms with E-state index in [0.29, 0.717) is 17.3 Å². The lowest BCUT2D eigenvalue weighted by Crippen LogP contribution is -2.35. The van der Waals surface area contributed by atoms with Crippen molar-refractivity contribution in [1.29, 1.82) is 0 Å². The van der Waals surface area contributed by atoms with E-state index in [0.717, 1.165) is 24.6 Å². The molecule has 5 nitrogen and oxygen atoms in total. The maximum Gasteiger partial charge on any atom is 0.369 e. The first-order valence-electron chi connectivity index (χ1n) is 8.34. The standard InChI is InChI=1S/C18H23ClNO4P/c1-3-4-7-13-23-20-14(2)18(21)24-25(19,22)17-12-8-10-15-9-5-6-11-16(15)17/h5-6,8-12,14,20H,3-4,7,13H2,1-2H3/t14-,25?/m0/s1. The van der Waals surface area contributed by atoms with Crippen LogP contribution in [0.2, 0.25) is 0 Å². The number of fused-ring (bicyclic) bond motifs is 1. The zero-order chi connectivity index (χ0) is 18.3. The van der Waals surface area contributed by atoms with Crippen LogP contribution in [0.25, 0.3) is 10.8 Å². The fourth-order valence-electron chi connectivity index (χ4n) is 2.34. The van der Waals surface area contributed by atoms with Gasteiger partial charge in [-0.15, -0.1) is 0 Å². The first-order chi connectivity index (χ1) is 12.0. The minimum absolute atomic E-state index is 0.316. The minimum Gasteiger partial charge on any atom is -0.396 e. The Labute approximate surface area is 152 Å². The van der Waals surface area contributed by atoms with Gasteiger partial charge in [-0.2, -0.15) is 5.48 Å². The van der Waals surface area contributed by atoms with Crippen molar-refractivity contribution >= 4 is 40.0 Å². The lowest BCUT2D eigenvalue weighted by Gasteiger charge is -2.17. The SMILES string of the molecule is CCCCCON[C@@H](C)C(=O)OP(=O)(Cl)c1cccc2ccccc12. The Balaban J connectivity index is 2.02. The van der Waals surface area contributed by atoms with Crippen molar-refractivity contribution in [2.45, 2.75) is 39.2 Å². The largest absolute Gasteiger partial charge is 0.396 e. The van der Waals surface area contributed by atoms with Crippen molar-refractivity contribution in [3.63, 3.8) is 0 Å². The molecule has 0 saturated heterocycles. The maximum absolute atomic E-state index is 12.8. The molecule has 0 saturated carbocycles. The number of hydrogen-bond donors (Lipinski definition) is 1. The fourth-order valence-corrected chi connectivity index (χ4v) is 4.23. The summed E-state index contributed by atoms with van der Waals surface area (Å²) in [5, 5.41) is 1.89. The highest BCUT2D eigenvalue weighted by Crippen LogP contribution is 2.52. The van der Waals surface area contributed by atoms with Gasteiger partial charge in [-0.05, 0) is 41.4 Å². The molecule has 0 aliphatic rings. The summed E-state index contributed by atoms with van der Waals surface area (Å²) in [6.45, 7) is 0.338. The van der Waals surface area contributed by atoms with Gasteiger partial charge in [0.2, 0.25) is 0 Å². The topological polar surface area (TPSA) is 64.6 Å². The summed E-state index contributed by atoms with van der Waals surface area (Å²) in [6.07, 6.45) is 3.04. The summed E-state index contributed by atoms with van der Waals surface area (Å²) >= 11 is 6.13.